The first kappa shape index (κ1) is 17.1. The molecular formula is C19H17NO4. The molecule has 0 saturated carbocycles. The van der Waals surface area contributed by atoms with Crippen molar-refractivity contribution < 1.29 is 19.4 Å². The molecular weight excluding hydrogens is 306 g/mol. The SMILES string of the molecule is COc1ccc(C=C(C#N)C(=O)O)c(OCc2ccccc2C)c1. The lowest BCUT2D eigenvalue weighted by molar-refractivity contribution is -0.132. The van der Waals surface area contributed by atoms with Gasteiger partial charge in [0.25, 0.3) is 0 Å². The smallest absolute Gasteiger partial charge is 0.346 e. The van der Waals surface area contributed by atoms with Crippen LogP contribution in [0.2, 0.25) is 0 Å². The lowest BCUT2D eigenvalue weighted by Crippen LogP contribution is -2.01. The number of benzene rings is 2. The average Bonchev–Trinajstić information content (AvgIpc) is 2.59. The van der Waals surface area contributed by atoms with Crippen molar-refractivity contribution in [1.29, 1.82) is 5.26 Å². The van der Waals surface area contributed by atoms with E-state index in [4.69, 9.17) is 19.8 Å². The number of carboxylic acids is 1. The van der Waals surface area contributed by atoms with Crippen molar-refractivity contribution in [3.63, 3.8) is 0 Å². The molecule has 0 saturated heterocycles. The van der Waals surface area contributed by atoms with E-state index in [1.54, 1.807) is 24.3 Å². The third kappa shape index (κ3) is 4.14. The van der Waals surface area contributed by atoms with Gasteiger partial charge in [-0.3, -0.25) is 0 Å². The second-order valence-electron chi connectivity index (χ2n) is 5.09. The maximum Gasteiger partial charge on any atom is 0.346 e. The molecule has 2 aromatic carbocycles. The van der Waals surface area contributed by atoms with Crippen LogP contribution in [-0.2, 0) is 11.4 Å². The quantitative estimate of drug-likeness (QED) is 0.649. The number of ether oxygens (including phenoxy) is 2. The number of methoxy groups -OCH3 is 1. The van der Waals surface area contributed by atoms with E-state index in [2.05, 4.69) is 0 Å². The number of hydrogen-bond acceptors (Lipinski definition) is 4. The molecule has 0 unspecified atom stereocenters. The third-order valence-electron chi connectivity index (χ3n) is 3.52. The van der Waals surface area contributed by atoms with E-state index in [1.165, 1.54) is 13.2 Å². The van der Waals surface area contributed by atoms with Crippen molar-refractivity contribution in [3.8, 4) is 17.6 Å². The Kier molecular flexibility index (Phi) is 5.58. The number of hydrogen-bond donors (Lipinski definition) is 1. The van der Waals surface area contributed by atoms with Gasteiger partial charge >= 0.3 is 5.97 Å². The van der Waals surface area contributed by atoms with Crippen LogP contribution in [0.1, 0.15) is 16.7 Å². The van der Waals surface area contributed by atoms with Crippen LogP contribution in [0, 0.1) is 18.3 Å². The molecule has 0 radical (unpaired) electrons. The van der Waals surface area contributed by atoms with Crippen LogP contribution in [0.3, 0.4) is 0 Å². The van der Waals surface area contributed by atoms with Crippen molar-refractivity contribution in [1.82, 2.24) is 0 Å². The molecule has 2 aromatic rings. The van der Waals surface area contributed by atoms with Gasteiger partial charge in [0.1, 0.15) is 29.7 Å². The molecule has 5 heteroatoms. The highest BCUT2D eigenvalue weighted by molar-refractivity contribution is 5.96. The standard InChI is InChI=1S/C19H17NO4/c1-13-5-3-4-6-15(13)12-24-18-10-17(23-2)8-7-14(18)9-16(11-20)19(21)22/h3-10H,12H2,1-2H3,(H,21,22). The fraction of sp³-hybridized carbons (Fsp3) is 0.158. The van der Waals surface area contributed by atoms with Crippen molar-refractivity contribution in [3.05, 3.63) is 64.7 Å². The maximum atomic E-state index is 11.0. The zero-order chi connectivity index (χ0) is 17.5. The van der Waals surface area contributed by atoms with Crippen molar-refractivity contribution in [2.45, 2.75) is 13.5 Å². The fourth-order valence-corrected chi connectivity index (χ4v) is 2.11. The average molecular weight is 323 g/mol. The van der Waals surface area contributed by atoms with Crippen LogP contribution in [0.5, 0.6) is 11.5 Å². The maximum absolute atomic E-state index is 11.0. The fourth-order valence-electron chi connectivity index (χ4n) is 2.11. The van der Waals surface area contributed by atoms with Gasteiger partial charge in [-0.25, -0.2) is 4.79 Å². The molecule has 0 spiro atoms. The number of nitriles is 1. The van der Waals surface area contributed by atoms with Crippen LogP contribution in [-0.4, -0.2) is 18.2 Å². The van der Waals surface area contributed by atoms with E-state index < -0.39 is 5.97 Å². The molecule has 122 valence electrons. The molecule has 0 heterocycles. The molecule has 0 bridgehead atoms. The van der Waals surface area contributed by atoms with Gasteiger partial charge in [0.15, 0.2) is 0 Å². The number of aryl methyl sites for hydroxylation is 1. The molecule has 0 atom stereocenters. The Hall–Kier alpha value is -3.26. The minimum Gasteiger partial charge on any atom is -0.497 e. The first-order valence-corrected chi connectivity index (χ1v) is 7.25. The van der Waals surface area contributed by atoms with E-state index in [1.807, 2.05) is 31.2 Å². The van der Waals surface area contributed by atoms with E-state index in [0.29, 0.717) is 23.7 Å². The van der Waals surface area contributed by atoms with Crippen LogP contribution in [0.25, 0.3) is 6.08 Å². The minimum absolute atomic E-state index is 0.329. The molecule has 0 fully saturated rings. The summed E-state index contributed by atoms with van der Waals surface area (Å²) < 4.78 is 11.0. The Labute approximate surface area is 140 Å². The lowest BCUT2D eigenvalue weighted by Gasteiger charge is -2.12. The second-order valence-corrected chi connectivity index (χ2v) is 5.09. The monoisotopic (exact) mass is 323 g/mol. The number of rotatable bonds is 6. The molecule has 2 rings (SSSR count). The Balaban J connectivity index is 2.35. The number of carbonyl (C=O) groups is 1. The van der Waals surface area contributed by atoms with Crippen LogP contribution >= 0.6 is 0 Å². The summed E-state index contributed by atoms with van der Waals surface area (Å²) in [4.78, 5) is 11.0. The van der Waals surface area contributed by atoms with Gasteiger partial charge in [0.05, 0.1) is 7.11 Å². The van der Waals surface area contributed by atoms with Gasteiger partial charge in [-0.1, -0.05) is 24.3 Å². The van der Waals surface area contributed by atoms with Gasteiger partial charge in [0.2, 0.25) is 0 Å². The highest BCUT2D eigenvalue weighted by Gasteiger charge is 2.10. The Morgan fingerprint density at radius 1 is 1.29 bits per heavy atom. The lowest BCUT2D eigenvalue weighted by atomic mass is 10.1. The van der Waals surface area contributed by atoms with E-state index in [0.717, 1.165) is 11.1 Å². The molecule has 0 aliphatic heterocycles. The second kappa shape index (κ2) is 7.84. The topological polar surface area (TPSA) is 79.5 Å². The summed E-state index contributed by atoms with van der Waals surface area (Å²) in [5.74, 6) is -0.245. The van der Waals surface area contributed by atoms with E-state index >= 15 is 0 Å². The summed E-state index contributed by atoms with van der Waals surface area (Å²) in [6, 6.07) is 14.5. The summed E-state index contributed by atoms with van der Waals surface area (Å²) in [5, 5.41) is 17.9. The van der Waals surface area contributed by atoms with Gasteiger partial charge in [-0.15, -0.1) is 0 Å². The van der Waals surface area contributed by atoms with Crippen LogP contribution < -0.4 is 9.47 Å². The molecule has 5 nitrogen and oxygen atoms in total. The highest BCUT2D eigenvalue weighted by atomic mass is 16.5. The first-order valence-electron chi connectivity index (χ1n) is 7.25. The minimum atomic E-state index is -1.28. The van der Waals surface area contributed by atoms with E-state index in [9.17, 15) is 4.79 Å². The van der Waals surface area contributed by atoms with Crippen LogP contribution in [0.15, 0.2) is 48.0 Å². The van der Waals surface area contributed by atoms with Crippen molar-refractivity contribution >= 4 is 12.0 Å². The Bertz CT molecular complexity index is 818. The predicted octanol–water partition coefficient (Wildman–Crippen LogP) is 3.57. The van der Waals surface area contributed by atoms with Gasteiger partial charge in [0, 0.05) is 11.6 Å². The summed E-state index contributed by atoms with van der Waals surface area (Å²) in [6.45, 7) is 2.32. The Morgan fingerprint density at radius 3 is 2.67 bits per heavy atom. The molecule has 0 aliphatic carbocycles. The third-order valence-corrected chi connectivity index (χ3v) is 3.52. The van der Waals surface area contributed by atoms with Crippen LogP contribution in [0.4, 0.5) is 0 Å². The summed E-state index contributed by atoms with van der Waals surface area (Å²) in [6.07, 6.45) is 1.29. The summed E-state index contributed by atoms with van der Waals surface area (Å²) >= 11 is 0. The molecule has 1 N–H and O–H groups in total. The van der Waals surface area contributed by atoms with Gasteiger partial charge in [-0.2, -0.15) is 5.26 Å². The summed E-state index contributed by atoms with van der Waals surface area (Å²) in [5.41, 5.74) is 2.26. The number of nitrogens with zero attached hydrogens (tertiary/aromatic N) is 1. The molecule has 0 aromatic heterocycles. The summed E-state index contributed by atoms with van der Waals surface area (Å²) in [7, 11) is 1.54. The molecule has 0 aliphatic rings. The zero-order valence-electron chi connectivity index (χ0n) is 13.4. The number of carboxylic acid groups (broad SMARTS) is 1. The van der Waals surface area contributed by atoms with Crippen molar-refractivity contribution in [2.75, 3.05) is 7.11 Å². The highest BCUT2D eigenvalue weighted by Crippen LogP contribution is 2.28. The zero-order valence-corrected chi connectivity index (χ0v) is 13.4. The van der Waals surface area contributed by atoms with Gasteiger partial charge in [-0.05, 0) is 36.3 Å². The first-order chi connectivity index (χ1) is 11.5. The van der Waals surface area contributed by atoms with E-state index in [-0.39, 0.29) is 5.57 Å². The number of aliphatic carboxylic acids is 1. The van der Waals surface area contributed by atoms with Crippen molar-refractivity contribution in [2.24, 2.45) is 0 Å². The molecule has 0 amide bonds. The normalized spacial score (nSPS) is 10.8. The van der Waals surface area contributed by atoms with Gasteiger partial charge < -0.3 is 14.6 Å². The predicted molar refractivity (Wildman–Crippen MR) is 89.7 cm³/mol. The largest absolute Gasteiger partial charge is 0.497 e. The molecule has 24 heavy (non-hydrogen) atoms. The Morgan fingerprint density at radius 2 is 2.04 bits per heavy atom.